The van der Waals surface area contributed by atoms with Crippen LogP contribution in [0.5, 0.6) is 0 Å². The van der Waals surface area contributed by atoms with E-state index in [4.69, 9.17) is 4.74 Å². The van der Waals surface area contributed by atoms with E-state index in [0.29, 0.717) is 12.3 Å². The third-order valence-electron chi connectivity index (χ3n) is 5.44. The molecule has 9 nitrogen and oxygen atoms in total. The molecule has 0 aliphatic carbocycles. The summed E-state index contributed by atoms with van der Waals surface area (Å²) in [4.78, 5) is 38.2. The number of aromatic nitrogens is 2. The van der Waals surface area contributed by atoms with E-state index in [-0.39, 0.29) is 31.2 Å². The van der Waals surface area contributed by atoms with Crippen molar-refractivity contribution in [1.29, 1.82) is 0 Å². The van der Waals surface area contributed by atoms with Crippen molar-refractivity contribution in [3.63, 3.8) is 0 Å². The Balaban J connectivity index is 1.60. The van der Waals surface area contributed by atoms with Crippen molar-refractivity contribution in [3.05, 3.63) is 54.2 Å². The van der Waals surface area contributed by atoms with Crippen LogP contribution in [-0.4, -0.2) is 70.3 Å². The van der Waals surface area contributed by atoms with Crippen LogP contribution in [0.1, 0.15) is 25.3 Å². The molecule has 1 aliphatic rings. The highest BCUT2D eigenvalue weighted by molar-refractivity contribution is 5.94. The van der Waals surface area contributed by atoms with Crippen LogP contribution in [0.3, 0.4) is 0 Å². The van der Waals surface area contributed by atoms with Crippen LogP contribution < -0.4 is 5.32 Å². The normalized spacial score (nSPS) is 19.2. The van der Waals surface area contributed by atoms with Crippen molar-refractivity contribution in [2.75, 3.05) is 20.7 Å². The number of benzene rings is 1. The van der Waals surface area contributed by atoms with Crippen LogP contribution in [0, 0.1) is 0 Å². The minimum absolute atomic E-state index is 0.00504. The van der Waals surface area contributed by atoms with E-state index in [1.165, 1.54) is 12.0 Å². The third kappa shape index (κ3) is 5.82. The van der Waals surface area contributed by atoms with Crippen LogP contribution in [0.4, 0.5) is 0 Å². The van der Waals surface area contributed by atoms with Gasteiger partial charge >= 0.3 is 0 Å². The molecule has 32 heavy (non-hydrogen) atoms. The minimum Gasteiger partial charge on any atom is -0.500 e. The molecule has 1 aromatic heterocycles. The van der Waals surface area contributed by atoms with Gasteiger partial charge in [-0.3, -0.25) is 14.6 Å². The number of aliphatic imine (C=N–C) groups is 1. The van der Waals surface area contributed by atoms with Gasteiger partial charge < -0.3 is 25.0 Å². The number of aliphatic hydroxyl groups excluding tert-OH is 1. The SMILES string of the molecule is CN=C(C)/C=C(/CC(=O)N1C[C@H](O)C[C@H]1C(=O)NCc1ccc(-c2cnc[nH]2)cc1)OC. The monoisotopic (exact) mass is 439 g/mol. The van der Waals surface area contributed by atoms with Crippen LogP contribution in [0.2, 0.25) is 0 Å². The molecular weight excluding hydrogens is 410 g/mol. The molecule has 3 rings (SSSR count). The number of methoxy groups -OCH3 is 1. The summed E-state index contributed by atoms with van der Waals surface area (Å²) in [5.74, 6) is -0.111. The molecule has 1 aromatic carbocycles. The number of hydrogen-bond acceptors (Lipinski definition) is 6. The zero-order valence-electron chi connectivity index (χ0n) is 18.5. The van der Waals surface area contributed by atoms with Crippen LogP contribution in [-0.2, 0) is 20.9 Å². The molecule has 2 amide bonds. The molecule has 170 valence electrons. The van der Waals surface area contributed by atoms with Gasteiger partial charge in [0.25, 0.3) is 0 Å². The lowest BCUT2D eigenvalue weighted by molar-refractivity contribution is -0.138. The number of carbonyl (C=O) groups is 2. The number of carbonyl (C=O) groups excluding carboxylic acids is 2. The first kappa shape index (κ1) is 23.2. The van der Waals surface area contributed by atoms with E-state index in [9.17, 15) is 14.7 Å². The highest BCUT2D eigenvalue weighted by Gasteiger charge is 2.38. The van der Waals surface area contributed by atoms with Gasteiger partial charge in [0.2, 0.25) is 11.8 Å². The Morgan fingerprint density at radius 1 is 1.38 bits per heavy atom. The standard InChI is InChI=1S/C23H29N5O4/c1-15(24-2)8-19(32-3)10-22(30)28-13-18(29)9-21(28)23(31)26-11-16-4-6-17(7-5-16)20-12-25-14-27-20/h4-8,12,14,18,21,29H,9-11,13H2,1-3H3,(H,25,27)(H,26,31)/b19-8-,24-15?/t18-,21+/m1/s1. The molecule has 1 fully saturated rings. The van der Waals surface area contributed by atoms with E-state index < -0.39 is 12.1 Å². The molecular formula is C23H29N5O4. The largest absolute Gasteiger partial charge is 0.500 e. The average molecular weight is 440 g/mol. The average Bonchev–Trinajstić information content (AvgIpc) is 3.47. The molecule has 0 spiro atoms. The van der Waals surface area contributed by atoms with Crippen molar-refractivity contribution < 1.29 is 19.4 Å². The minimum atomic E-state index is -0.739. The van der Waals surface area contributed by atoms with Crippen molar-refractivity contribution >= 4 is 17.5 Å². The van der Waals surface area contributed by atoms with Gasteiger partial charge in [0.1, 0.15) is 11.8 Å². The zero-order valence-corrected chi connectivity index (χ0v) is 18.5. The van der Waals surface area contributed by atoms with Crippen LogP contribution in [0.25, 0.3) is 11.3 Å². The fraction of sp³-hybridized carbons (Fsp3) is 0.391. The number of nitrogens with zero attached hydrogens (tertiary/aromatic N) is 3. The van der Waals surface area contributed by atoms with Gasteiger partial charge in [-0.15, -0.1) is 0 Å². The van der Waals surface area contributed by atoms with E-state index in [0.717, 1.165) is 22.5 Å². The van der Waals surface area contributed by atoms with Gasteiger partial charge in [-0.25, -0.2) is 4.98 Å². The van der Waals surface area contributed by atoms with Crippen molar-refractivity contribution in [1.82, 2.24) is 20.2 Å². The van der Waals surface area contributed by atoms with Crippen molar-refractivity contribution in [2.45, 2.75) is 38.5 Å². The quantitative estimate of drug-likeness (QED) is 0.427. The Morgan fingerprint density at radius 3 is 2.75 bits per heavy atom. The second kappa shape index (κ2) is 10.7. The molecule has 1 saturated heterocycles. The summed E-state index contributed by atoms with van der Waals surface area (Å²) >= 11 is 0. The predicted octanol–water partition coefficient (Wildman–Crippen LogP) is 1.67. The van der Waals surface area contributed by atoms with Gasteiger partial charge in [-0.05, 0) is 24.1 Å². The van der Waals surface area contributed by atoms with Crippen molar-refractivity contribution in [3.8, 4) is 11.3 Å². The molecule has 0 radical (unpaired) electrons. The fourth-order valence-corrected chi connectivity index (χ4v) is 3.59. The molecule has 1 aliphatic heterocycles. The van der Waals surface area contributed by atoms with Gasteiger partial charge in [0.05, 0.1) is 37.9 Å². The fourth-order valence-electron chi connectivity index (χ4n) is 3.59. The van der Waals surface area contributed by atoms with Gasteiger partial charge in [0.15, 0.2) is 0 Å². The summed E-state index contributed by atoms with van der Waals surface area (Å²) in [7, 11) is 3.14. The first-order valence-corrected chi connectivity index (χ1v) is 10.4. The molecule has 3 N–H and O–H groups in total. The maximum atomic E-state index is 12.8. The summed E-state index contributed by atoms with van der Waals surface area (Å²) in [6.45, 7) is 2.25. The van der Waals surface area contributed by atoms with Gasteiger partial charge in [-0.2, -0.15) is 0 Å². The lowest BCUT2D eigenvalue weighted by Gasteiger charge is -2.24. The van der Waals surface area contributed by atoms with Crippen molar-refractivity contribution in [2.24, 2.45) is 4.99 Å². The number of aromatic amines is 1. The van der Waals surface area contributed by atoms with E-state index in [1.807, 2.05) is 24.3 Å². The molecule has 2 heterocycles. The second-order valence-electron chi connectivity index (χ2n) is 7.69. The number of amides is 2. The molecule has 0 saturated carbocycles. The Hall–Kier alpha value is -3.46. The number of β-amino-alcohol motifs (C(OH)–C–C–N with tert-alkyl or cyclic N) is 1. The number of nitrogens with one attached hydrogen (secondary N) is 2. The molecule has 0 bridgehead atoms. The predicted molar refractivity (Wildman–Crippen MR) is 121 cm³/mol. The van der Waals surface area contributed by atoms with Gasteiger partial charge in [0, 0.05) is 32.3 Å². The highest BCUT2D eigenvalue weighted by Crippen LogP contribution is 2.21. The zero-order chi connectivity index (χ0) is 23.1. The number of imidazole rings is 1. The first-order valence-electron chi connectivity index (χ1n) is 10.4. The summed E-state index contributed by atoms with van der Waals surface area (Å²) in [6.07, 6.45) is 4.52. The lowest BCUT2D eigenvalue weighted by atomic mass is 10.1. The highest BCUT2D eigenvalue weighted by atomic mass is 16.5. The van der Waals surface area contributed by atoms with Gasteiger partial charge in [-0.1, -0.05) is 24.3 Å². The number of rotatable bonds is 8. The third-order valence-corrected chi connectivity index (χ3v) is 5.44. The number of H-pyrrole nitrogens is 1. The molecule has 0 unspecified atom stereocenters. The first-order chi connectivity index (χ1) is 15.4. The Labute approximate surface area is 187 Å². The summed E-state index contributed by atoms with van der Waals surface area (Å²) < 4.78 is 5.28. The number of aliphatic hydroxyl groups is 1. The van der Waals surface area contributed by atoms with E-state index in [1.54, 1.807) is 32.6 Å². The Kier molecular flexibility index (Phi) is 7.77. The maximum Gasteiger partial charge on any atom is 0.243 e. The Morgan fingerprint density at radius 2 is 2.12 bits per heavy atom. The molecule has 2 aromatic rings. The van der Waals surface area contributed by atoms with Crippen LogP contribution >= 0.6 is 0 Å². The summed E-state index contributed by atoms with van der Waals surface area (Å²) in [5, 5.41) is 13.0. The molecule has 2 atom stereocenters. The number of likely N-dealkylation sites (tertiary alicyclic amines) is 1. The summed E-state index contributed by atoms with van der Waals surface area (Å²) in [6, 6.07) is 7.03. The number of hydrogen-bond donors (Lipinski definition) is 3. The summed E-state index contributed by atoms with van der Waals surface area (Å²) in [5.41, 5.74) is 3.57. The second-order valence-corrected chi connectivity index (χ2v) is 7.69. The maximum absolute atomic E-state index is 12.8. The Bertz CT molecular complexity index is 982. The smallest absolute Gasteiger partial charge is 0.243 e. The number of allylic oxidation sites excluding steroid dienone is 1. The van der Waals surface area contributed by atoms with E-state index >= 15 is 0 Å². The number of ether oxygens (including phenoxy) is 1. The van der Waals surface area contributed by atoms with E-state index in [2.05, 4.69) is 20.3 Å². The molecule has 9 heteroatoms. The topological polar surface area (TPSA) is 120 Å². The lowest BCUT2D eigenvalue weighted by Crippen LogP contribution is -2.45. The van der Waals surface area contributed by atoms with Crippen LogP contribution in [0.15, 0.2) is 53.6 Å².